The first-order valence-electron chi connectivity index (χ1n) is 7.00. The zero-order valence-corrected chi connectivity index (χ0v) is 12.8. The molecular formula is C15H15F6N3. The molecule has 1 heterocycles. The molecule has 1 aromatic heterocycles. The van der Waals surface area contributed by atoms with Crippen molar-refractivity contribution in [2.75, 3.05) is 0 Å². The molecule has 24 heavy (non-hydrogen) atoms. The number of halogens is 6. The van der Waals surface area contributed by atoms with E-state index in [1.165, 1.54) is 16.7 Å². The van der Waals surface area contributed by atoms with Crippen LogP contribution in [-0.2, 0) is 6.18 Å². The van der Waals surface area contributed by atoms with Gasteiger partial charge in [0.15, 0.2) is 5.69 Å². The van der Waals surface area contributed by atoms with Crippen LogP contribution in [-0.4, -0.2) is 15.7 Å². The third-order valence-corrected chi connectivity index (χ3v) is 3.46. The van der Waals surface area contributed by atoms with E-state index in [9.17, 15) is 26.3 Å². The molecule has 2 aromatic rings. The monoisotopic (exact) mass is 351 g/mol. The van der Waals surface area contributed by atoms with E-state index < -0.39 is 24.1 Å². The zero-order valence-electron chi connectivity index (χ0n) is 12.8. The Bertz CT molecular complexity index is 697. The number of rotatable bonds is 3. The molecule has 132 valence electrons. The lowest BCUT2D eigenvalue weighted by molar-refractivity contribution is -0.149. The predicted octanol–water partition coefficient (Wildman–Crippen LogP) is 4.71. The number of hydrogen-bond acceptors (Lipinski definition) is 2. The lowest BCUT2D eigenvalue weighted by Gasteiger charge is -2.16. The van der Waals surface area contributed by atoms with E-state index in [1.54, 1.807) is 13.8 Å². The van der Waals surface area contributed by atoms with Crippen molar-refractivity contribution in [3.05, 3.63) is 41.7 Å². The largest absolute Gasteiger partial charge is 0.434 e. The topological polar surface area (TPSA) is 43.8 Å². The van der Waals surface area contributed by atoms with Gasteiger partial charge in [0.05, 0.1) is 0 Å². The summed E-state index contributed by atoms with van der Waals surface area (Å²) in [7, 11) is 0. The van der Waals surface area contributed by atoms with Gasteiger partial charge in [-0.05, 0) is 19.4 Å². The molecule has 2 rings (SSSR count). The van der Waals surface area contributed by atoms with E-state index >= 15 is 0 Å². The van der Waals surface area contributed by atoms with Crippen LogP contribution in [0, 0.1) is 0 Å². The summed E-state index contributed by atoms with van der Waals surface area (Å²) in [5.74, 6) is 0.0319. The molecule has 3 nitrogen and oxygen atoms in total. The molecule has 0 aliphatic rings. The van der Waals surface area contributed by atoms with Gasteiger partial charge in [-0.1, -0.05) is 24.3 Å². The van der Waals surface area contributed by atoms with Crippen LogP contribution in [0.4, 0.5) is 26.3 Å². The van der Waals surface area contributed by atoms with Crippen LogP contribution >= 0.6 is 0 Å². The van der Waals surface area contributed by atoms with Gasteiger partial charge in [0, 0.05) is 17.8 Å². The molecule has 2 N–H and O–H groups in total. The quantitative estimate of drug-likeness (QED) is 0.814. The zero-order chi connectivity index (χ0) is 18.3. The van der Waals surface area contributed by atoms with Gasteiger partial charge in [-0.15, -0.1) is 0 Å². The maximum atomic E-state index is 12.8. The van der Waals surface area contributed by atoms with Crippen molar-refractivity contribution >= 4 is 0 Å². The second-order valence-electron chi connectivity index (χ2n) is 5.59. The van der Waals surface area contributed by atoms with Gasteiger partial charge in [0.1, 0.15) is 11.9 Å². The standard InChI is InChI=1S/C15H15F6N3/c1-8(2)24-7-11(14(16,17)18)23-13(24)10-5-3-9(4-6-10)12(22)15(19,20)21/h3-8,12H,22H2,1-2H3/t12-/m1/s1. The highest BCUT2D eigenvalue weighted by Gasteiger charge is 2.38. The summed E-state index contributed by atoms with van der Waals surface area (Å²) >= 11 is 0. The minimum Gasteiger partial charge on any atom is -0.328 e. The lowest BCUT2D eigenvalue weighted by atomic mass is 10.0. The van der Waals surface area contributed by atoms with E-state index in [4.69, 9.17) is 5.73 Å². The smallest absolute Gasteiger partial charge is 0.328 e. The molecular weight excluding hydrogens is 336 g/mol. The molecule has 0 fully saturated rings. The maximum Gasteiger partial charge on any atom is 0.434 e. The second kappa shape index (κ2) is 6.12. The van der Waals surface area contributed by atoms with Crippen LogP contribution in [0.2, 0.25) is 0 Å². The molecule has 0 saturated heterocycles. The molecule has 0 bridgehead atoms. The van der Waals surface area contributed by atoms with Crippen molar-refractivity contribution in [3.63, 3.8) is 0 Å². The Morgan fingerprint density at radius 2 is 1.54 bits per heavy atom. The van der Waals surface area contributed by atoms with Gasteiger partial charge in [-0.25, -0.2) is 4.98 Å². The number of nitrogens with two attached hydrogens (primary N) is 1. The molecule has 0 amide bonds. The predicted molar refractivity (Wildman–Crippen MR) is 76.0 cm³/mol. The summed E-state index contributed by atoms with van der Waals surface area (Å²) in [5.41, 5.74) is 4.15. The van der Waals surface area contributed by atoms with Crippen LogP contribution in [0.3, 0.4) is 0 Å². The summed E-state index contributed by atoms with van der Waals surface area (Å²) in [6.07, 6.45) is -8.32. The molecule has 0 aliphatic heterocycles. The van der Waals surface area contributed by atoms with Crippen LogP contribution in [0.5, 0.6) is 0 Å². The summed E-state index contributed by atoms with van der Waals surface area (Å²) in [6, 6.07) is 2.38. The highest BCUT2D eigenvalue weighted by Crippen LogP contribution is 2.34. The minimum absolute atomic E-state index is 0.0319. The highest BCUT2D eigenvalue weighted by molar-refractivity contribution is 5.57. The van der Waals surface area contributed by atoms with Crippen molar-refractivity contribution in [3.8, 4) is 11.4 Å². The van der Waals surface area contributed by atoms with Crippen molar-refractivity contribution < 1.29 is 26.3 Å². The summed E-state index contributed by atoms with van der Waals surface area (Å²) < 4.78 is 77.6. The summed E-state index contributed by atoms with van der Waals surface area (Å²) in [5, 5.41) is 0. The Morgan fingerprint density at radius 3 is 1.96 bits per heavy atom. The lowest BCUT2D eigenvalue weighted by Crippen LogP contribution is -2.28. The number of benzene rings is 1. The number of alkyl halides is 6. The Morgan fingerprint density at radius 1 is 1.00 bits per heavy atom. The second-order valence-corrected chi connectivity index (χ2v) is 5.59. The fourth-order valence-corrected chi connectivity index (χ4v) is 2.17. The number of nitrogens with zero attached hydrogens (tertiary/aromatic N) is 2. The van der Waals surface area contributed by atoms with E-state index in [0.717, 1.165) is 18.3 Å². The first-order chi connectivity index (χ1) is 10.9. The molecule has 1 aromatic carbocycles. The minimum atomic E-state index is -4.60. The Balaban J connectivity index is 2.43. The fraction of sp³-hybridized carbons (Fsp3) is 0.400. The molecule has 1 atom stereocenters. The Hall–Kier alpha value is -2.03. The van der Waals surface area contributed by atoms with Crippen LogP contribution in [0.15, 0.2) is 30.5 Å². The molecule has 0 spiro atoms. The van der Waals surface area contributed by atoms with Gasteiger partial charge in [0.2, 0.25) is 0 Å². The highest BCUT2D eigenvalue weighted by atomic mass is 19.4. The van der Waals surface area contributed by atoms with Gasteiger partial charge >= 0.3 is 12.4 Å². The molecule has 0 radical (unpaired) electrons. The van der Waals surface area contributed by atoms with Crippen molar-refractivity contribution in [2.45, 2.75) is 38.3 Å². The van der Waals surface area contributed by atoms with Crippen molar-refractivity contribution in [1.29, 1.82) is 0 Å². The first-order valence-corrected chi connectivity index (χ1v) is 7.00. The van der Waals surface area contributed by atoms with Crippen LogP contribution in [0.1, 0.15) is 37.2 Å². The Labute approximate surface area is 134 Å². The number of hydrogen-bond donors (Lipinski definition) is 1. The number of imidazole rings is 1. The third-order valence-electron chi connectivity index (χ3n) is 3.46. The van der Waals surface area contributed by atoms with E-state index in [2.05, 4.69) is 4.98 Å². The maximum absolute atomic E-state index is 12.8. The van der Waals surface area contributed by atoms with E-state index in [0.29, 0.717) is 0 Å². The molecule has 0 unspecified atom stereocenters. The van der Waals surface area contributed by atoms with Crippen molar-refractivity contribution in [1.82, 2.24) is 9.55 Å². The molecule has 9 heteroatoms. The van der Waals surface area contributed by atoms with Gasteiger partial charge < -0.3 is 10.3 Å². The molecule has 0 saturated carbocycles. The van der Waals surface area contributed by atoms with Crippen LogP contribution in [0.25, 0.3) is 11.4 Å². The SMILES string of the molecule is CC(C)n1cc(C(F)(F)F)nc1-c1ccc([C@@H](N)C(F)(F)F)cc1. The van der Waals surface area contributed by atoms with Gasteiger partial charge in [-0.2, -0.15) is 26.3 Å². The third kappa shape index (κ3) is 3.72. The fourth-order valence-electron chi connectivity index (χ4n) is 2.17. The Kier molecular flexibility index (Phi) is 4.67. The first kappa shape index (κ1) is 18.3. The molecule has 0 aliphatic carbocycles. The summed E-state index contributed by atoms with van der Waals surface area (Å²) in [4.78, 5) is 3.58. The van der Waals surface area contributed by atoms with Gasteiger partial charge in [0.25, 0.3) is 0 Å². The average Bonchev–Trinajstić information content (AvgIpc) is 2.91. The normalized spacial score (nSPS) is 14.2. The van der Waals surface area contributed by atoms with Gasteiger partial charge in [-0.3, -0.25) is 0 Å². The average molecular weight is 351 g/mol. The van der Waals surface area contributed by atoms with Crippen molar-refractivity contribution in [2.24, 2.45) is 5.73 Å². The van der Waals surface area contributed by atoms with E-state index in [-0.39, 0.29) is 23.0 Å². The number of aromatic nitrogens is 2. The van der Waals surface area contributed by atoms with Crippen LogP contribution < -0.4 is 5.73 Å². The van der Waals surface area contributed by atoms with E-state index in [1.807, 2.05) is 0 Å². The summed E-state index contributed by atoms with van der Waals surface area (Å²) in [6.45, 7) is 3.36.